The smallest absolute Gasteiger partial charge is 0.257 e. The Labute approximate surface area is 125 Å². The fraction of sp³-hybridized carbons (Fsp3) is 0.385. The summed E-state index contributed by atoms with van der Waals surface area (Å²) in [7, 11) is 0. The molecular weight excluding hydrogens is 328 g/mol. The van der Waals surface area contributed by atoms with Crippen molar-refractivity contribution in [2.24, 2.45) is 11.7 Å². The predicted molar refractivity (Wildman–Crippen MR) is 81.3 cm³/mol. The van der Waals surface area contributed by atoms with Crippen LogP contribution in [0.25, 0.3) is 0 Å². The summed E-state index contributed by atoms with van der Waals surface area (Å²) in [5.41, 5.74) is 6.25. The van der Waals surface area contributed by atoms with Crippen LogP contribution in [0.1, 0.15) is 18.4 Å². The quantitative estimate of drug-likeness (QED) is 0.776. The topological polar surface area (TPSA) is 64.3 Å². The molecule has 1 aliphatic rings. The molecule has 19 heavy (non-hydrogen) atoms. The molecule has 1 fully saturated rings. The van der Waals surface area contributed by atoms with Crippen LogP contribution in [0.15, 0.2) is 22.7 Å². The minimum Gasteiger partial charge on any atom is -0.483 e. The largest absolute Gasteiger partial charge is 0.483 e. The van der Waals surface area contributed by atoms with Gasteiger partial charge in [-0.05, 0) is 37.0 Å². The molecule has 0 unspecified atom stereocenters. The van der Waals surface area contributed by atoms with E-state index < -0.39 is 0 Å². The van der Waals surface area contributed by atoms with E-state index in [1.54, 1.807) is 12.1 Å². The molecule has 3 N–H and O–H groups in total. The molecule has 1 aliphatic carbocycles. The van der Waals surface area contributed by atoms with E-state index in [0.29, 0.717) is 17.2 Å². The molecule has 0 atom stereocenters. The lowest BCUT2D eigenvalue weighted by Gasteiger charge is -2.11. The van der Waals surface area contributed by atoms with E-state index in [9.17, 15) is 4.79 Å². The number of ether oxygens (including phenoxy) is 1. The summed E-state index contributed by atoms with van der Waals surface area (Å²) < 4.78 is 6.33. The average Bonchev–Trinajstić information content (AvgIpc) is 3.18. The van der Waals surface area contributed by atoms with Gasteiger partial charge in [-0.2, -0.15) is 0 Å². The van der Waals surface area contributed by atoms with Gasteiger partial charge in [-0.25, -0.2) is 0 Å². The third-order valence-corrected chi connectivity index (χ3v) is 3.56. The number of hydrogen-bond acceptors (Lipinski definition) is 3. The van der Waals surface area contributed by atoms with E-state index >= 15 is 0 Å². The average molecular weight is 343 g/mol. The minimum absolute atomic E-state index is 0.0238. The van der Waals surface area contributed by atoms with Crippen LogP contribution in [0, 0.1) is 5.92 Å². The molecule has 1 saturated carbocycles. The van der Waals surface area contributed by atoms with Crippen LogP contribution in [0.5, 0.6) is 5.75 Å². The maximum Gasteiger partial charge on any atom is 0.257 e. The van der Waals surface area contributed by atoms with Crippen molar-refractivity contribution in [3.05, 3.63) is 28.2 Å². The molecule has 6 heteroatoms. The highest BCUT2D eigenvalue weighted by Gasteiger charge is 2.21. The number of amides is 1. The molecule has 1 aromatic rings. The van der Waals surface area contributed by atoms with Crippen LogP contribution in [0.2, 0.25) is 0 Å². The number of halogens is 1. The van der Waals surface area contributed by atoms with E-state index in [2.05, 4.69) is 21.2 Å². The summed E-state index contributed by atoms with van der Waals surface area (Å²) in [4.78, 5) is 11.8. The first-order chi connectivity index (χ1) is 9.06. The highest BCUT2D eigenvalue weighted by atomic mass is 79.9. The Hall–Kier alpha value is -1.14. The minimum atomic E-state index is -0.122. The van der Waals surface area contributed by atoms with Gasteiger partial charge < -0.3 is 15.8 Å². The van der Waals surface area contributed by atoms with Crippen LogP contribution >= 0.6 is 28.1 Å². The van der Waals surface area contributed by atoms with Crippen molar-refractivity contribution < 1.29 is 9.53 Å². The van der Waals surface area contributed by atoms with Crippen molar-refractivity contribution in [1.82, 2.24) is 5.32 Å². The number of rotatable bonds is 6. The normalized spacial score (nSPS) is 13.9. The molecule has 0 saturated heterocycles. The van der Waals surface area contributed by atoms with Crippen LogP contribution in [0.4, 0.5) is 0 Å². The maximum absolute atomic E-state index is 11.6. The lowest BCUT2D eigenvalue weighted by atomic mass is 10.2. The molecule has 0 bridgehead atoms. The zero-order chi connectivity index (χ0) is 13.8. The number of nitrogens with one attached hydrogen (secondary N) is 1. The van der Waals surface area contributed by atoms with Gasteiger partial charge in [-0.15, -0.1) is 0 Å². The van der Waals surface area contributed by atoms with Gasteiger partial charge in [-0.3, -0.25) is 4.79 Å². The highest BCUT2D eigenvalue weighted by molar-refractivity contribution is 9.10. The Morgan fingerprint density at radius 2 is 2.26 bits per heavy atom. The first-order valence-corrected chi connectivity index (χ1v) is 7.25. The maximum atomic E-state index is 11.6. The lowest BCUT2D eigenvalue weighted by molar-refractivity contribution is -0.123. The Bertz CT molecular complexity index is 503. The first-order valence-electron chi connectivity index (χ1n) is 6.05. The van der Waals surface area contributed by atoms with E-state index in [-0.39, 0.29) is 17.5 Å². The summed E-state index contributed by atoms with van der Waals surface area (Å²) in [6.07, 6.45) is 2.42. The fourth-order valence-corrected chi connectivity index (χ4v) is 2.12. The third kappa shape index (κ3) is 4.47. The van der Waals surface area contributed by atoms with Gasteiger partial charge in [0.1, 0.15) is 10.7 Å². The van der Waals surface area contributed by atoms with Gasteiger partial charge in [0.15, 0.2) is 6.61 Å². The molecule has 0 radical (unpaired) electrons. The van der Waals surface area contributed by atoms with Gasteiger partial charge in [0.2, 0.25) is 0 Å². The van der Waals surface area contributed by atoms with Gasteiger partial charge in [0.05, 0.1) is 5.56 Å². The van der Waals surface area contributed by atoms with Crippen LogP contribution in [-0.4, -0.2) is 24.0 Å². The number of nitrogens with two attached hydrogens (primary N) is 1. The monoisotopic (exact) mass is 342 g/mol. The molecule has 0 aromatic heterocycles. The number of hydrogen-bond donors (Lipinski definition) is 2. The van der Waals surface area contributed by atoms with Crippen molar-refractivity contribution in [3.63, 3.8) is 0 Å². The molecular formula is C13H15BrN2O2S. The summed E-state index contributed by atoms with van der Waals surface area (Å²) in [5.74, 6) is 1.06. The van der Waals surface area contributed by atoms with Crippen molar-refractivity contribution in [2.45, 2.75) is 12.8 Å². The van der Waals surface area contributed by atoms with Crippen molar-refractivity contribution in [2.75, 3.05) is 13.2 Å². The number of thiocarbonyl (C=S) groups is 1. The summed E-state index contributed by atoms with van der Waals surface area (Å²) in [6, 6.07) is 5.34. The number of carbonyl (C=O) groups excluding carboxylic acids is 1. The molecule has 102 valence electrons. The van der Waals surface area contributed by atoms with Gasteiger partial charge >= 0.3 is 0 Å². The van der Waals surface area contributed by atoms with Gasteiger partial charge in [-0.1, -0.05) is 28.1 Å². The van der Waals surface area contributed by atoms with E-state index in [1.807, 2.05) is 6.07 Å². The second kappa shape index (κ2) is 6.34. The lowest BCUT2D eigenvalue weighted by Crippen LogP contribution is -2.30. The van der Waals surface area contributed by atoms with Crippen molar-refractivity contribution in [3.8, 4) is 5.75 Å². The Balaban J connectivity index is 1.90. The Morgan fingerprint density at radius 1 is 1.53 bits per heavy atom. The second-order valence-corrected chi connectivity index (χ2v) is 5.90. The van der Waals surface area contributed by atoms with E-state index in [1.165, 1.54) is 12.8 Å². The zero-order valence-corrected chi connectivity index (χ0v) is 12.7. The van der Waals surface area contributed by atoms with Gasteiger partial charge in [0, 0.05) is 11.0 Å². The molecule has 1 amide bonds. The summed E-state index contributed by atoms with van der Waals surface area (Å²) in [6.45, 7) is 0.717. The standard InChI is InChI=1S/C13H15BrN2O2S/c14-9-3-4-11(10(5-9)13(15)19)18-7-12(17)16-6-8-1-2-8/h3-5,8H,1-2,6-7H2,(H2,15,19)(H,16,17). The molecule has 1 aromatic carbocycles. The van der Waals surface area contributed by atoms with Gasteiger partial charge in [0.25, 0.3) is 5.91 Å². The fourth-order valence-electron chi connectivity index (χ4n) is 1.60. The summed E-state index contributed by atoms with van der Waals surface area (Å²) in [5, 5.41) is 2.84. The molecule has 0 heterocycles. The Kier molecular flexibility index (Phi) is 4.76. The van der Waals surface area contributed by atoms with Crippen molar-refractivity contribution >= 4 is 39.0 Å². The zero-order valence-electron chi connectivity index (χ0n) is 10.3. The third-order valence-electron chi connectivity index (χ3n) is 2.85. The molecule has 2 rings (SSSR count). The molecule has 4 nitrogen and oxygen atoms in total. The van der Waals surface area contributed by atoms with Crippen molar-refractivity contribution in [1.29, 1.82) is 0 Å². The van der Waals surface area contributed by atoms with E-state index in [0.717, 1.165) is 11.0 Å². The van der Waals surface area contributed by atoms with Crippen LogP contribution in [0.3, 0.4) is 0 Å². The number of carbonyl (C=O) groups is 1. The van der Waals surface area contributed by atoms with E-state index in [4.69, 9.17) is 22.7 Å². The molecule has 0 spiro atoms. The summed E-state index contributed by atoms with van der Waals surface area (Å²) >= 11 is 8.30. The van der Waals surface area contributed by atoms with Crippen LogP contribution < -0.4 is 15.8 Å². The van der Waals surface area contributed by atoms with Crippen LogP contribution in [-0.2, 0) is 4.79 Å². The Morgan fingerprint density at radius 3 is 2.89 bits per heavy atom. The predicted octanol–water partition coefficient (Wildman–Crippen LogP) is 1.99. The SMILES string of the molecule is NC(=S)c1cc(Br)ccc1OCC(=O)NCC1CC1. The highest BCUT2D eigenvalue weighted by Crippen LogP contribution is 2.27. The second-order valence-electron chi connectivity index (χ2n) is 4.54. The molecule has 0 aliphatic heterocycles. The number of benzene rings is 1. The first kappa shape index (κ1) is 14.3.